The number of carbonyl (C=O) groups excluding carboxylic acids is 1. The molecule has 0 spiro atoms. The van der Waals surface area contributed by atoms with Crippen molar-refractivity contribution < 1.29 is 61.7 Å². The summed E-state index contributed by atoms with van der Waals surface area (Å²) in [5.74, 6) is 0. The largest absolute Gasteiger partial charge is 1.00 e. The minimum Gasteiger partial charge on any atom is -0.870 e. The third-order valence-electron chi connectivity index (χ3n) is 1.54. The molecule has 0 bridgehead atoms. The third kappa shape index (κ3) is 11.6. The van der Waals surface area contributed by atoms with Gasteiger partial charge < -0.3 is 5.48 Å². The molecule has 0 aromatic heterocycles. The first-order chi connectivity index (χ1) is 4.48. The summed E-state index contributed by atoms with van der Waals surface area (Å²) in [7, 11) is 0. The van der Waals surface area contributed by atoms with Gasteiger partial charge in [-0.1, -0.05) is 27.2 Å². The Labute approximate surface area is 122 Å². The Hall–Kier alpha value is 1.56. The molecular formula is C8H16ClKO2. The van der Waals surface area contributed by atoms with E-state index in [-0.39, 0.29) is 67.5 Å². The second-order valence-corrected chi connectivity index (χ2v) is 3.87. The summed E-state index contributed by atoms with van der Waals surface area (Å²) in [6, 6.07) is 0. The Morgan fingerprint density at radius 3 is 2.08 bits per heavy atom. The maximum Gasteiger partial charge on any atom is 1.00 e. The van der Waals surface area contributed by atoms with Crippen LogP contribution in [0, 0.1) is 5.41 Å². The standard InChI is InChI=1S/C8H15ClO.K.H2O/c1-4-5-8(2,3)6-7(9)10;;/h4-6H2,1-3H3;;1H2/q;+1;/p-1. The van der Waals surface area contributed by atoms with Crippen molar-refractivity contribution in [3.63, 3.8) is 0 Å². The van der Waals surface area contributed by atoms with Gasteiger partial charge in [0.1, 0.15) is 0 Å². The van der Waals surface area contributed by atoms with Gasteiger partial charge in [-0.3, -0.25) is 4.79 Å². The summed E-state index contributed by atoms with van der Waals surface area (Å²) in [6.07, 6.45) is 2.66. The zero-order chi connectivity index (χ0) is 8.20. The van der Waals surface area contributed by atoms with Crippen LogP contribution in [0.3, 0.4) is 0 Å². The van der Waals surface area contributed by atoms with Gasteiger partial charge in [0.15, 0.2) is 0 Å². The molecule has 0 radical (unpaired) electrons. The molecule has 0 amide bonds. The first kappa shape index (κ1) is 19.2. The molecule has 12 heavy (non-hydrogen) atoms. The van der Waals surface area contributed by atoms with E-state index in [0.717, 1.165) is 12.8 Å². The van der Waals surface area contributed by atoms with E-state index >= 15 is 0 Å². The fourth-order valence-corrected chi connectivity index (χ4v) is 1.50. The maximum absolute atomic E-state index is 10.5. The fraction of sp³-hybridized carbons (Fsp3) is 0.875. The quantitative estimate of drug-likeness (QED) is 0.485. The van der Waals surface area contributed by atoms with E-state index in [1.807, 2.05) is 0 Å². The zero-order valence-corrected chi connectivity index (χ0v) is 12.2. The van der Waals surface area contributed by atoms with E-state index in [4.69, 9.17) is 11.6 Å². The molecule has 0 aromatic rings. The van der Waals surface area contributed by atoms with Crippen LogP contribution in [0.25, 0.3) is 0 Å². The summed E-state index contributed by atoms with van der Waals surface area (Å²) < 4.78 is 0. The smallest absolute Gasteiger partial charge is 0.870 e. The van der Waals surface area contributed by atoms with Gasteiger partial charge in [0.05, 0.1) is 0 Å². The van der Waals surface area contributed by atoms with Crippen LogP contribution in [0.15, 0.2) is 0 Å². The average molecular weight is 219 g/mol. The topological polar surface area (TPSA) is 47.1 Å². The summed E-state index contributed by atoms with van der Waals surface area (Å²) in [5, 5.41) is -0.224. The predicted octanol–water partition coefficient (Wildman–Crippen LogP) is -0.205. The second kappa shape index (κ2) is 9.12. The van der Waals surface area contributed by atoms with Gasteiger partial charge in [0.25, 0.3) is 0 Å². The number of carbonyl (C=O) groups is 1. The molecule has 0 aliphatic carbocycles. The molecule has 0 saturated heterocycles. The number of hydrogen-bond donors (Lipinski definition) is 0. The van der Waals surface area contributed by atoms with Crippen molar-refractivity contribution in [2.75, 3.05) is 0 Å². The predicted molar refractivity (Wildman–Crippen MR) is 46.1 cm³/mol. The minimum absolute atomic E-state index is 0. The summed E-state index contributed by atoms with van der Waals surface area (Å²) in [5.41, 5.74) is 0.0909. The minimum atomic E-state index is -0.224. The van der Waals surface area contributed by atoms with Crippen molar-refractivity contribution in [1.29, 1.82) is 0 Å². The molecule has 0 aliphatic heterocycles. The van der Waals surface area contributed by atoms with Crippen molar-refractivity contribution in [2.45, 2.75) is 40.0 Å². The van der Waals surface area contributed by atoms with E-state index in [1.54, 1.807) is 0 Å². The second-order valence-electron chi connectivity index (χ2n) is 3.45. The Bertz CT molecular complexity index is 126. The van der Waals surface area contributed by atoms with Gasteiger partial charge in [-0.25, -0.2) is 0 Å². The Balaban J connectivity index is -0.000000405. The number of halogens is 1. The van der Waals surface area contributed by atoms with Gasteiger partial charge >= 0.3 is 51.4 Å². The van der Waals surface area contributed by atoms with Gasteiger partial charge in [0.2, 0.25) is 5.24 Å². The van der Waals surface area contributed by atoms with E-state index in [0.29, 0.717) is 6.42 Å². The molecule has 0 heterocycles. The van der Waals surface area contributed by atoms with E-state index in [2.05, 4.69) is 20.8 Å². The SMILES string of the molecule is CCCC(C)(C)CC(=O)Cl.[K+].[OH-]. The summed E-state index contributed by atoms with van der Waals surface area (Å²) >= 11 is 5.26. The molecule has 2 nitrogen and oxygen atoms in total. The van der Waals surface area contributed by atoms with Crippen LogP contribution < -0.4 is 51.4 Å². The molecule has 4 heteroatoms. The van der Waals surface area contributed by atoms with E-state index in [9.17, 15) is 4.79 Å². The zero-order valence-electron chi connectivity index (χ0n) is 8.35. The molecule has 0 rings (SSSR count). The van der Waals surface area contributed by atoms with Crippen LogP contribution in [0.4, 0.5) is 0 Å². The molecule has 0 saturated carbocycles. The monoisotopic (exact) mass is 218 g/mol. The summed E-state index contributed by atoms with van der Waals surface area (Å²) in [6.45, 7) is 6.24. The van der Waals surface area contributed by atoms with E-state index in [1.165, 1.54) is 0 Å². The van der Waals surface area contributed by atoms with Gasteiger partial charge in [-0.05, 0) is 23.4 Å². The maximum atomic E-state index is 10.5. The molecule has 0 aliphatic rings. The summed E-state index contributed by atoms with van der Waals surface area (Å²) in [4.78, 5) is 10.5. The first-order valence-corrected chi connectivity index (χ1v) is 4.04. The van der Waals surface area contributed by atoms with Crippen molar-refractivity contribution in [2.24, 2.45) is 5.41 Å². The molecule has 0 aromatic carbocycles. The van der Waals surface area contributed by atoms with Crippen molar-refractivity contribution >= 4 is 16.8 Å². The number of hydrogen-bond acceptors (Lipinski definition) is 2. The average Bonchev–Trinajstić information content (AvgIpc) is 1.59. The van der Waals surface area contributed by atoms with Crippen LogP contribution in [0.1, 0.15) is 40.0 Å². The van der Waals surface area contributed by atoms with Crippen molar-refractivity contribution in [3.8, 4) is 0 Å². The van der Waals surface area contributed by atoms with Crippen LogP contribution in [0.2, 0.25) is 0 Å². The Morgan fingerprint density at radius 2 is 1.83 bits per heavy atom. The van der Waals surface area contributed by atoms with Gasteiger partial charge in [-0.15, -0.1) is 0 Å². The Morgan fingerprint density at radius 1 is 1.42 bits per heavy atom. The third-order valence-corrected chi connectivity index (χ3v) is 1.68. The number of rotatable bonds is 4. The molecule has 1 N–H and O–H groups in total. The van der Waals surface area contributed by atoms with Gasteiger partial charge in [-0.2, -0.15) is 0 Å². The molecule has 0 atom stereocenters. The Kier molecular flexibility index (Phi) is 14.6. The molecule has 68 valence electrons. The van der Waals surface area contributed by atoms with Crippen molar-refractivity contribution in [1.82, 2.24) is 0 Å². The first-order valence-electron chi connectivity index (χ1n) is 3.66. The van der Waals surface area contributed by atoms with Crippen LogP contribution in [0.5, 0.6) is 0 Å². The fourth-order valence-electron chi connectivity index (χ4n) is 1.14. The van der Waals surface area contributed by atoms with Crippen LogP contribution in [-0.2, 0) is 4.79 Å². The van der Waals surface area contributed by atoms with Crippen molar-refractivity contribution in [3.05, 3.63) is 0 Å². The normalized spacial score (nSPS) is 9.67. The van der Waals surface area contributed by atoms with E-state index < -0.39 is 0 Å². The van der Waals surface area contributed by atoms with Gasteiger partial charge in [0, 0.05) is 6.42 Å². The molecular weight excluding hydrogens is 203 g/mol. The molecule has 0 fully saturated rings. The van der Waals surface area contributed by atoms with Crippen LogP contribution >= 0.6 is 11.6 Å². The molecule has 0 unspecified atom stereocenters. The van der Waals surface area contributed by atoms with Crippen LogP contribution in [-0.4, -0.2) is 10.7 Å².